The van der Waals surface area contributed by atoms with Crippen LogP contribution in [-0.4, -0.2) is 29.3 Å². The van der Waals surface area contributed by atoms with E-state index in [4.69, 9.17) is 0 Å². The molecule has 0 saturated carbocycles. The van der Waals surface area contributed by atoms with E-state index in [0.29, 0.717) is 17.9 Å². The summed E-state index contributed by atoms with van der Waals surface area (Å²) in [5.74, 6) is -0.575. The fraction of sp³-hybridized carbons (Fsp3) is 0.538. The quantitative estimate of drug-likeness (QED) is 0.837. The summed E-state index contributed by atoms with van der Waals surface area (Å²) in [6.07, 6.45) is 1.92. The average Bonchev–Trinajstić information content (AvgIpc) is 2.24. The zero-order valence-corrected chi connectivity index (χ0v) is 11.7. The minimum Gasteiger partial charge on any atom is -0.388 e. The molecule has 0 aliphatic heterocycles. The molecule has 0 bridgehead atoms. The van der Waals surface area contributed by atoms with Crippen molar-refractivity contribution in [3.05, 3.63) is 35.4 Å². The summed E-state index contributed by atoms with van der Waals surface area (Å²) < 4.78 is 26.1. The molecule has 2 atom stereocenters. The standard InChI is InChI=1S/C13H19F2NOS/c1-9(16-7-13(2,17)8-18-3)10-4-11(14)6-12(15)5-10/h4-6,9,16-17H,7-8H2,1-3H3. The van der Waals surface area contributed by atoms with Crippen LogP contribution in [0.25, 0.3) is 0 Å². The summed E-state index contributed by atoms with van der Waals surface area (Å²) in [6, 6.07) is 3.22. The molecule has 1 aromatic carbocycles. The molecule has 5 heteroatoms. The molecular weight excluding hydrogens is 256 g/mol. The van der Waals surface area contributed by atoms with E-state index >= 15 is 0 Å². The van der Waals surface area contributed by atoms with Crippen LogP contribution in [-0.2, 0) is 0 Å². The highest BCUT2D eigenvalue weighted by molar-refractivity contribution is 7.98. The molecule has 0 heterocycles. The van der Waals surface area contributed by atoms with Crippen molar-refractivity contribution in [2.75, 3.05) is 18.6 Å². The van der Waals surface area contributed by atoms with Crippen LogP contribution in [0.5, 0.6) is 0 Å². The van der Waals surface area contributed by atoms with Crippen LogP contribution >= 0.6 is 11.8 Å². The maximum absolute atomic E-state index is 13.1. The van der Waals surface area contributed by atoms with Crippen LogP contribution in [0, 0.1) is 11.6 Å². The normalized spacial score (nSPS) is 16.3. The SMILES string of the molecule is CSCC(C)(O)CNC(C)c1cc(F)cc(F)c1. The molecule has 0 spiro atoms. The van der Waals surface area contributed by atoms with E-state index in [9.17, 15) is 13.9 Å². The Morgan fingerprint density at radius 1 is 1.33 bits per heavy atom. The van der Waals surface area contributed by atoms with E-state index in [1.54, 1.807) is 18.7 Å². The molecule has 18 heavy (non-hydrogen) atoms. The zero-order valence-electron chi connectivity index (χ0n) is 10.8. The van der Waals surface area contributed by atoms with Gasteiger partial charge in [-0.3, -0.25) is 0 Å². The third kappa shape index (κ3) is 4.92. The summed E-state index contributed by atoms with van der Waals surface area (Å²) >= 11 is 1.55. The summed E-state index contributed by atoms with van der Waals surface area (Å²) in [5, 5.41) is 13.1. The number of rotatable bonds is 6. The Bertz CT molecular complexity index is 378. The van der Waals surface area contributed by atoms with Crippen molar-refractivity contribution < 1.29 is 13.9 Å². The van der Waals surface area contributed by atoms with Gasteiger partial charge in [0.05, 0.1) is 5.60 Å². The lowest BCUT2D eigenvalue weighted by Crippen LogP contribution is -2.40. The topological polar surface area (TPSA) is 32.3 Å². The first-order valence-electron chi connectivity index (χ1n) is 5.75. The van der Waals surface area contributed by atoms with E-state index < -0.39 is 17.2 Å². The number of nitrogens with one attached hydrogen (secondary N) is 1. The lowest BCUT2D eigenvalue weighted by Gasteiger charge is -2.25. The lowest BCUT2D eigenvalue weighted by molar-refractivity contribution is 0.0820. The van der Waals surface area contributed by atoms with Crippen molar-refractivity contribution in [1.82, 2.24) is 5.32 Å². The highest BCUT2D eigenvalue weighted by Crippen LogP contribution is 2.17. The molecule has 0 aliphatic carbocycles. The van der Waals surface area contributed by atoms with Gasteiger partial charge >= 0.3 is 0 Å². The summed E-state index contributed by atoms with van der Waals surface area (Å²) in [4.78, 5) is 0. The van der Waals surface area contributed by atoms with Crippen LogP contribution in [0.15, 0.2) is 18.2 Å². The second-order valence-corrected chi connectivity index (χ2v) is 5.60. The minimum absolute atomic E-state index is 0.219. The predicted molar refractivity (Wildman–Crippen MR) is 71.8 cm³/mol. The number of benzene rings is 1. The first-order chi connectivity index (χ1) is 8.34. The van der Waals surface area contributed by atoms with Gasteiger partial charge in [-0.25, -0.2) is 8.78 Å². The van der Waals surface area contributed by atoms with Crippen molar-refractivity contribution in [2.24, 2.45) is 0 Å². The second kappa shape index (κ2) is 6.50. The van der Waals surface area contributed by atoms with Crippen LogP contribution < -0.4 is 5.32 Å². The highest BCUT2D eigenvalue weighted by Gasteiger charge is 2.20. The van der Waals surface area contributed by atoms with Gasteiger partial charge in [0.2, 0.25) is 0 Å². The monoisotopic (exact) mass is 275 g/mol. The molecule has 0 saturated heterocycles. The molecule has 0 amide bonds. The third-order valence-electron chi connectivity index (χ3n) is 2.63. The Morgan fingerprint density at radius 3 is 2.39 bits per heavy atom. The van der Waals surface area contributed by atoms with Gasteiger partial charge < -0.3 is 10.4 Å². The van der Waals surface area contributed by atoms with Crippen LogP contribution in [0.3, 0.4) is 0 Å². The Labute approximate surface area is 111 Å². The molecule has 0 fully saturated rings. The third-order valence-corrected chi connectivity index (χ3v) is 3.54. The van der Waals surface area contributed by atoms with Crippen LogP contribution in [0.4, 0.5) is 8.78 Å². The summed E-state index contributed by atoms with van der Waals surface area (Å²) in [5.41, 5.74) is -0.299. The predicted octanol–water partition coefficient (Wildman–Crippen LogP) is 2.73. The zero-order chi connectivity index (χ0) is 13.8. The van der Waals surface area contributed by atoms with Crippen molar-refractivity contribution in [3.8, 4) is 0 Å². The number of thioether (sulfide) groups is 1. The van der Waals surface area contributed by atoms with Crippen LogP contribution in [0.2, 0.25) is 0 Å². The molecule has 1 rings (SSSR count). The largest absolute Gasteiger partial charge is 0.388 e. The number of hydrogen-bond acceptors (Lipinski definition) is 3. The van der Waals surface area contributed by atoms with Crippen molar-refractivity contribution in [1.29, 1.82) is 0 Å². The fourth-order valence-electron chi connectivity index (χ4n) is 1.68. The lowest BCUT2D eigenvalue weighted by atomic mass is 10.1. The fourth-order valence-corrected chi connectivity index (χ4v) is 2.40. The molecule has 0 radical (unpaired) electrons. The Hall–Kier alpha value is -0.650. The average molecular weight is 275 g/mol. The maximum atomic E-state index is 13.1. The van der Waals surface area contributed by atoms with Gasteiger partial charge in [-0.1, -0.05) is 0 Å². The molecule has 1 aromatic rings. The van der Waals surface area contributed by atoms with Gasteiger partial charge in [0, 0.05) is 24.4 Å². The molecule has 102 valence electrons. The van der Waals surface area contributed by atoms with E-state index in [1.165, 1.54) is 12.1 Å². The Balaban J connectivity index is 2.62. The maximum Gasteiger partial charge on any atom is 0.126 e. The van der Waals surface area contributed by atoms with Gasteiger partial charge in [0.25, 0.3) is 0 Å². The van der Waals surface area contributed by atoms with Gasteiger partial charge in [0.1, 0.15) is 11.6 Å². The Morgan fingerprint density at radius 2 is 1.89 bits per heavy atom. The highest BCUT2D eigenvalue weighted by atomic mass is 32.2. The molecule has 0 aromatic heterocycles. The second-order valence-electron chi connectivity index (χ2n) is 4.74. The smallest absolute Gasteiger partial charge is 0.126 e. The first kappa shape index (κ1) is 15.4. The van der Waals surface area contributed by atoms with Gasteiger partial charge in [-0.2, -0.15) is 11.8 Å². The van der Waals surface area contributed by atoms with Crippen LogP contribution in [0.1, 0.15) is 25.5 Å². The molecular formula is C13H19F2NOS. The Kier molecular flexibility index (Phi) is 5.56. The molecule has 0 aliphatic rings. The van der Waals surface area contributed by atoms with Crippen molar-refractivity contribution >= 4 is 11.8 Å². The van der Waals surface area contributed by atoms with Gasteiger partial charge in [-0.15, -0.1) is 0 Å². The molecule has 2 nitrogen and oxygen atoms in total. The van der Waals surface area contributed by atoms with E-state index in [0.717, 1.165) is 6.07 Å². The van der Waals surface area contributed by atoms with Crippen molar-refractivity contribution in [3.63, 3.8) is 0 Å². The van der Waals surface area contributed by atoms with Gasteiger partial charge in [0.15, 0.2) is 0 Å². The van der Waals surface area contributed by atoms with E-state index in [-0.39, 0.29) is 6.04 Å². The van der Waals surface area contributed by atoms with E-state index in [1.807, 2.05) is 13.2 Å². The number of hydrogen-bond donors (Lipinski definition) is 2. The minimum atomic E-state index is -0.834. The number of halogens is 2. The van der Waals surface area contributed by atoms with Crippen molar-refractivity contribution in [2.45, 2.75) is 25.5 Å². The van der Waals surface area contributed by atoms with E-state index in [2.05, 4.69) is 5.32 Å². The number of aliphatic hydroxyl groups is 1. The molecule has 2 unspecified atom stereocenters. The van der Waals surface area contributed by atoms with Gasteiger partial charge in [-0.05, 0) is 37.8 Å². The first-order valence-corrected chi connectivity index (χ1v) is 7.14. The summed E-state index contributed by atoms with van der Waals surface area (Å²) in [6.45, 7) is 3.91. The summed E-state index contributed by atoms with van der Waals surface area (Å²) in [7, 11) is 0. The molecule has 2 N–H and O–H groups in total.